The van der Waals surface area contributed by atoms with Crippen molar-refractivity contribution in [2.45, 2.75) is 51.1 Å². The van der Waals surface area contributed by atoms with E-state index in [1.54, 1.807) is 0 Å². The number of nitrogens with one attached hydrogen (secondary N) is 1. The van der Waals surface area contributed by atoms with E-state index in [0.29, 0.717) is 12.6 Å². The SMILES string of the molecule is CC(CCCO)NCc1ccccc1C1CC1. The third kappa shape index (κ3) is 3.83. The molecule has 0 aromatic heterocycles. The molecule has 1 atom stereocenters. The summed E-state index contributed by atoms with van der Waals surface area (Å²) in [4.78, 5) is 0. The van der Waals surface area contributed by atoms with Gasteiger partial charge in [-0.3, -0.25) is 0 Å². The monoisotopic (exact) mass is 233 g/mol. The first-order valence-corrected chi connectivity index (χ1v) is 6.73. The van der Waals surface area contributed by atoms with E-state index in [1.165, 1.54) is 24.0 Å². The van der Waals surface area contributed by atoms with Crippen LogP contribution in [0.25, 0.3) is 0 Å². The Kier molecular flexibility index (Phi) is 4.57. The minimum Gasteiger partial charge on any atom is -0.396 e. The van der Waals surface area contributed by atoms with Crippen LogP contribution in [0.4, 0.5) is 0 Å². The standard InChI is InChI=1S/C15H23NO/c1-12(5-4-10-17)16-11-14-6-2-3-7-15(14)13-8-9-13/h2-3,6-7,12-13,16-17H,4-5,8-11H2,1H3. The van der Waals surface area contributed by atoms with E-state index >= 15 is 0 Å². The van der Waals surface area contributed by atoms with Crippen molar-refractivity contribution in [3.05, 3.63) is 35.4 Å². The van der Waals surface area contributed by atoms with Crippen LogP contribution in [0.5, 0.6) is 0 Å². The number of hydrogen-bond acceptors (Lipinski definition) is 2. The van der Waals surface area contributed by atoms with Gasteiger partial charge in [-0.2, -0.15) is 0 Å². The number of hydrogen-bond donors (Lipinski definition) is 2. The van der Waals surface area contributed by atoms with E-state index in [2.05, 4.69) is 36.5 Å². The molecular formula is C15H23NO. The molecule has 2 heteroatoms. The molecule has 1 aliphatic carbocycles. The topological polar surface area (TPSA) is 32.3 Å². The Morgan fingerprint density at radius 3 is 2.82 bits per heavy atom. The van der Waals surface area contributed by atoms with Crippen molar-refractivity contribution in [1.82, 2.24) is 5.32 Å². The fraction of sp³-hybridized carbons (Fsp3) is 0.600. The Morgan fingerprint density at radius 1 is 1.35 bits per heavy atom. The number of rotatable bonds is 7. The van der Waals surface area contributed by atoms with Gasteiger partial charge in [-0.15, -0.1) is 0 Å². The quantitative estimate of drug-likeness (QED) is 0.759. The summed E-state index contributed by atoms with van der Waals surface area (Å²) in [6.45, 7) is 3.44. The second-order valence-corrected chi connectivity index (χ2v) is 5.12. The fourth-order valence-electron chi connectivity index (χ4n) is 2.27. The number of aliphatic hydroxyl groups excluding tert-OH is 1. The zero-order valence-corrected chi connectivity index (χ0v) is 10.7. The molecule has 0 radical (unpaired) electrons. The molecule has 17 heavy (non-hydrogen) atoms. The van der Waals surface area contributed by atoms with Gasteiger partial charge in [0.05, 0.1) is 0 Å². The molecule has 0 aliphatic heterocycles. The average Bonchev–Trinajstić information content (AvgIpc) is 3.18. The van der Waals surface area contributed by atoms with Gasteiger partial charge in [0.2, 0.25) is 0 Å². The van der Waals surface area contributed by atoms with E-state index in [-0.39, 0.29) is 0 Å². The summed E-state index contributed by atoms with van der Waals surface area (Å²) < 4.78 is 0. The maximum Gasteiger partial charge on any atom is 0.0431 e. The van der Waals surface area contributed by atoms with Crippen molar-refractivity contribution in [2.75, 3.05) is 6.61 Å². The zero-order chi connectivity index (χ0) is 12.1. The van der Waals surface area contributed by atoms with E-state index in [1.807, 2.05) is 0 Å². The van der Waals surface area contributed by atoms with Crippen LogP contribution < -0.4 is 5.32 Å². The summed E-state index contributed by atoms with van der Waals surface area (Å²) in [7, 11) is 0. The molecule has 2 N–H and O–H groups in total. The molecule has 0 bridgehead atoms. The van der Waals surface area contributed by atoms with Crippen LogP contribution in [0.2, 0.25) is 0 Å². The summed E-state index contributed by atoms with van der Waals surface area (Å²) in [6, 6.07) is 9.26. The molecule has 1 aliphatic rings. The molecule has 2 nitrogen and oxygen atoms in total. The lowest BCUT2D eigenvalue weighted by atomic mass is 10.0. The predicted molar refractivity (Wildman–Crippen MR) is 71.0 cm³/mol. The highest BCUT2D eigenvalue weighted by Gasteiger charge is 2.25. The molecule has 1 unspecified atom stereocenters. The van der Waals surface area contributed by atoms with E-state index in [0.717, 1.165) is 25.3 Å². The Labute approximate surface area is 104 Å². The smallest absolute Gasteiger partial charge is 0.0431 e. The second-order valence-electron chi connectivity index (χ2n) is 5.12. The van der Waals surface area contributed by atoms with Crippen LogP contribution in [0.1, 0.15) is 49.7 Å². The van der Waals surface area contributed by atoms with Gasteiger partial charge in [0.15, 0.2) is 0 Å². The lowest BCUT2D eigenvalue weighted by Crippen LogP contribution is -2.26. The van der Waals surface area contributed by atoms with Crippen molar-refractivity contribution >= 4 is 0 Å². The normalized spacial score (nSPS) is 17.1. The van der Waals surface area contributed by atoms with Gasteiger partial charge in [-0.25, -0.2) is 0 Å². The largest absolute Gasteiger partial charge is 0.396 e. The minimum absolute atomic E-state index is 0.296. The van der Waals surface area contributed by atoms with E-state index < -0.39 is 0 Å². The first kappa shape index (κ1) is 12.6. The molecule has 0 saturated heterocycles. The molecule has 2 rings (SSSR count). The van der Waals surface area contributed by atoms with Crippen LogP contribution in [0.3, 0.4) is 0 Å². The third-order valence-corrected chi connectivity index (χ3v) is 3.51. The molecule has 0 heterocycles. The molecular weight excluding hydrogens is 210 g/mol. The van der Waals surface area contributed by atoms with Gasteiger partial charge in [0, 0.05) is 19.2 Å². The first-order valence-electron chi connectivity index (χ1n) is 6.73. The average molecular weight is 233 g/mol. The van der Waals surface area contributed by atoms with E-state index in [4.69, 9.17) is 5.11 Å². The Bertz CT molecular complexity index is 347. The van der Waals surface area contributed by atoms with Crippen LogP contribution in [-0.2, 0) is 6.54 Å². The maximum atomic E-state index is 8.80. The Hall–Kier alpha value is -0.860. The third-order valence-electron chi connectivity index (χ3n) is 3.51. The maximum absolute atomic E-state index is 8.80. The van der Waals surface area contributed by atoms with Crippen molar-refractivity contribution in [1.29, 1.82) is 0 Å². The Morgan fingerprint density at radius 2 is 2.12 bits per heavy atom. The summed E-state index contributed by atoms with van der Waals surface area (Å²) in [6.07, 6.45) is 4.65. The molecule has 94 valence electrons. The first-order chi connectivity index (χ1) is 8.31. The molecule has 1 fully saturated rings. The van der Waals surface area contributed by atoms with Gasteiger partial charge in [-0.1, -0.05) is 24.3 Å². The zero-order valence-electron chi connectivity index (χ0n) is 10.7. The van der Waals surface area contributed by atoms with Crippen LogP contribution >= 0.6 is 0 Å². The molecule has 1 aromatic carbocycles. The van der Waals surface area contributed by atoms with Gasteiger partial charge < -0.3 is 10.4 Å². The van der Waals surface area contributed by atoms with Crippen LogP contribution in [0, 0.1) is 0 Å². The second kappa shape index (κ2) is 6.18. The minimum atomic E-state index is 0.296. The van der Waals surface area contributed by atoms with Gasteiger partial charge >= 0.3 is 0 Å². The fourth-order valence-corrected chi connectivity index (χ4v) is 2.27. The lowest BCUT2D eigenvalue weighted by Gasteiger charge is -2.15. The number of benzene rings is 1. The van der Waals surface area contributed by atoms with E-state index in [9.17, 15) is 0 Å². The lowest BCUT2D eigenvalue weighted by molar-refractivity contribution is 0.276. The molecule has 0 spiro atoms. The van der Waals surface area contributed by atoms with Crippen molar-refractivity contribution in [3.8, 4) is 0 Å². The summed E-state index contributed by atoms with van der Waals surface area (Å²) in [5, 5.41) is 12.3. The van der Waals surface area contributed by atoms with Gasteiger partial charge in [0.25, 0.3) is 0 Å². The molecule has 0 amide bonds. The predicted octanol–water partition coefficient (Wildman–Crippen LogP) is 2.81. The highest BCUT2D eigenvalue weighted by Crippen LogP contribution is 2.41. The van der Waals surface area contributed by atoms with Gasteiger partial charge in [-0.05, 0) is 49.7 Å². The van der Waals surface area contributed by atoms with Crippen molar-refractivity contribution in [3.63, 3.8) is 0 Å². The highest BCUT2D eigenvalue weighted by molar-refractivity contribution is 5.33. The van der Waals surface area contributed by atoms with Crippen molar-refractivity contribution < 1.29 is 5.11 Å². The van der Waals surface area contributed by atoms with Crippen LogP contribution in [0.15, 0.2) is 24.3 Å². The van der Waals surface area contributed by atoms with Gasteiger partial charge in [0.1, 0.15) is 0 Å². The van der Waals surface area contributed by atoms with Crippen molar-refractivity contribution in [2.24, 2.45) is 0 Å². The summed E-state index contributed by atoms with van der Waals surface area (Å²) in [5.74, 6) is 0.820. The Balaban J connectivity index is 1.85. The summed E-state index contributed by atoms with van der Waals surface area (Å²) in [5.41, 5.74) is 2.99. The number of aliphatic hydroxyl groups is 1. The highest BCUT2D eigenvalue weighted by atomic mass is 16.2. The van der Waals surface area contributed by atoms with Crippen LogP contribution in [-0.4, -0.2) is 17.8 Å². The molecule has 1 aromatic rings. The molecule has 1 saturated carbocycles. The summed E-state index contributed by atoms with van der Waals surface area (Å²) >= 11 is 0.